The Morgan fingerprint density at radius 3 is 2.46 bits per heavy atom. The Morgan fingerprint density at radius 2 is 1.86 bits per heavy atom. The fourth-order valence-corrected chi connectivity index (χ4v) is 4.55. The molecule has 1 atom stereocenters. The van der Waals surface area contributed by atoms with Crippen molar-refractivity contribution < 1.29 is 22.4 Å². The van der Waals surface area contributed by atoms with Gasteiger partial charge in [0, 0.05) is 38.1 Å². The third-order valence-corrected chi connectivity index (χ3v) is 6.47. The van der Waals surface area contributed by atoms with Gasteiger partial charge in [-0.3, -0.25) is 4.98 Å². The number of halogens is 5. The number of nitrogens with zero attached hydrogens (tertiary/aromatic N) is 3. The molecular weight excluding hydrogens is 486 g/mol. The molecule has 3 aromatic rings. The van der Waals surface area contributed by atoms with E-state index in [2.05, 4.69) is 20.6 Å². The van der Waals surface area contributed by atoms with E-state index in [4.69, 9.17) is 11.6 Å². The first-order chi connectivity index (χ1) is 16.6. The van der Waals surface area contributed by atoms with Crippen LogP contribution in [0.5, 0.6) is 0 Å². The molecule has 0 spiro atoms. The third-order valence-electron chi connectivity index (χ3n) is 6.24. The first kappa shape index (κ1) is 25.0. The molecule has 0 bridgehead atoms. The predicted molar refractivity (Wildman–Crippen MR) is 122 cm³/mol. The standard InChI is InChI=1S/C24H24ClF4N5O/c1-34-9-8-30-21(34)13-23(20-7-6-17(25)14-31-20,33-22(35)32-19-4-2-3-5-19)15-10-16(24(27,28)29)12-18(26)11-15/h6-12,14,19H,2-5,13H2,1H3,(H2,32,33,35)/t23-/m1/s1. The van der Waals surface area contributed by atoms with Crippen molar-refractivity contribution in [2.24, 2.45) is 7.05 Å². The molecule has 35 heavy (non-hydrogen) atoms. The van der Waals surface area contributed by atoms with Crippen molar-refractivity contribution in [3.8, 4) is 0 Å². The second-order valence-corrected chi connectivity index (χ2v) is 9.14. The summed E-state index contributed by atoms with van der Waals surface area (Å²) in [6.07, 6.45) is 3.18. The van der Waals surface area contributed by atoms with E-state index in [9.17, 15) is 22.4 Å². The molecule has 1 aliphatic carbocycles. The highest BCUT2D eigenvalue weighted by atomic mass is 35.5. The number of nitrogens with one attached hydrogen (secondary N) is 2. The quantitative estimate of drug-likeness (QED) is 0.440. The Kier molecular flexibility index (Phi) is 7.02. The number of urea groups is 1. The number of carbonyl (C=O) groups excluding carboxylic acids is 1. The first-order valence-electron chi connectivity index (χ1n) is 11.1. The minimum Gasteiger partial charge on any atom is -0.338 e. The minimum atomic E-state index is -4.80. The molecule has 2 aromatic heterocycles. The van der Waals surface area contributed by atoms with Crippen molar-refractivity contribution >= 4 is 17.6 Å². The normalized spacial score (nSPS) is 16.2. The summed E-state index contributed by atoms with van der Waals surface area (Å²) in [7, 11) is 1.72. The fraction of sp³-hybridized carbons (Fsp3) is 0.375. The van der Waals surface area contributed by atoms with Crippen molar-refractivity contribution in [2.45, 2.75) is 49.9 Å². The van der Waals surface area contributed by atoms with Gasteiger partial charge in [0.05, 0.1) is 16.3 Å². The van der Waals surface area contributed by atoms with Gasteiger partial charge in [0.15, 0.2) is 0 Å². The summed E-state index contributed by atoms with van der Waals surface area (Å²) in [5.41, 5.74) is -2.80. The van der Waals surface area contributed by atoms with Crippen LogP contribution in [0.4, 0.5) is 22.4 Å². The van der Waals surface area contributed by atoms with Crippen molar-refractivity contribution in [1.82, 2.24) is 25.2 Å². The van der Waals surface area contributed by atoms with E-state index < -0.39 is 29.1 Å². The van der Waals surface area contributed by atoms with Gasteiger partial charge in [0.25, 0.3) is 0 Å². The molecule has 0 unspecified atom stereocenters. The maximum Gasteiger partial charge on any atom is 0.416 e. The molecule has 0 saturated heterocycles. The highest BCUT2D eigenvalue weighted by Crippen LogP contribution is 2.37. The molecule has 2 amide bonds. The smallest absolute Gasteiger partial charge is 0.338 e. The minimum absolute atomic E-state index is 0.0581. The van der Waals surface area contributed by atoms with E-state index in [0.29, 0.717) is 16.9 Å². The SMILES string of the molecule is Cn1ccnc1C[C@@](NC(=O)NC1CCCC1)(c1cc(F)cc(C(F)(F)F)c1)c1ccc(Cl)cn1. The van der Waals surface area contributed by atoms with Crippen molar-refractivity contribution in [3.63, 3.8) is 0 Å². The molecule has 2 heterocycles. The van der Waals surface area contributed by atoms with Gasteiger partial charge in [-0.15, -0.1) is 0 Å². The van der Waals surface area contributed by atoms with Gasteiger partial charge in [0.1, 0.15) is 17.2 Å². The summed E-state index contributed by atoms with van der Waals surface area (Å²) < 4.78 is 57.2. The monoisotopic (exact) mass is 509 g/mol. The molecule has 0 aliphatic heterocycles. The van der Waals surface area contributed by atoms with E-state index in [1.807, 2.05) is 0 Å². The van der Waals surface area contributed by atoms with Crippen LogP contribution in [0, 0.1) is 5.82 Å². The van der Waals surface area contributed by atoms with Gasteiger partial charge in [-0.2, -0.15) is 13.2 Å². The van der Waals surface area contributed by atoms with Crippen LogP contribution in [0.2, 0.25) is 5.02 Å². The lowest BCUT2D eigenvalue weighted by molar-refractivity contribution is -0.137. The lowest BCUT2D eigenvalue weighted by Crippen LogP contribution is -2.54. The van der Waals surface area contributed by atoms with Crippen LogP contribution in [0.1, 0.15) is 48.3 Å². The molecule has 186 valence electrons. The van der Waals surface area contributed by atoms with Gasteiger partial charge in [-0.25, -0.2) is 14.2 Å². The molecule has 6 nitrogen and oxygen atoms in total. The van der Waals surface area contributed by atoms with Crippen LogP contribution in [0.15, 0.2) is 48.9 Å². The summed E-state index contributed by atoms with van der Waals surface area (Å²) >= 11 is 6.02. The van der Waals surface area contributed by atoms with Gasteiger partial charge < -0.3 is 15.2 Å². The average molecular weight is 510 g/mol. The van der Waals surface area contributed by atoms with Gasteiger partial charge >= 0.3 is 12.2 Å². The predicted octanol–water partition coefficient (Wildman–Crippen LogP) is 5.35. The van der Waals surface area contributed by atoms with Crippen LogP contribution in [0.3, 0.4) is 0 Å². The van der Waals surface area contributed by atoms with Crippen LogP contribution in [-0.4, -0.2) is 26.6 Å². The number of rotatable bonds is 6. The van der Waals surface area contributed by atoms with E-state index in [1.165, 1.54) is 24.5 Å². The van der Waals surface area contributed by atoms with E-state index in [0.717, 1.165) is 37.8 Å². The molecule has 4 rings (SSSR count). The van der Waals surface area contributed by atoms with Crippen molar-refractivity contribution in [1.29, 1.82) is 0 Å². The highest BCUT2D eigenvalue weighted by Gasteiger charge is 2.42. The van der Waals surface area contributed by atoms with E-state index in [-0.39, 0.29) is 23.7 Å². The Labute approximate surface area is 204 Å². The highest BCUT2D eigenvalue weighted by molar-refractivity contribution is 6.30. The van der Waals surface area contributed by atoms with Crippen LogP contribution >= 0.6 is 11.6 Å². The zero-order chi connectivity index (χ0) is 25.2. The van der Waals surface area contributed by atoms with Gasteiger partial charge in [-0.1, -0.05) is 24.4 Å². The molecule has 1 fully saturated rings. The lowest BCUT2D eigenvalue weighted by atomic mass is 9.81. The number of aryl methyl sites for hydroxylation is 1. The Bertz CT molecular complexity index is 1190. The number of benzene rings is 1. The summed E-state index contributed by atoms with van der Waals surface area (Å²) in [5, 5.41) is 6.03. The molecule has 1 aliphatic rings. The summed E-state index contributed by atoms with van der Waals surface area (Å²) in [4.78, 5) is 21.8. The summed E-state index contributed by atoms with van der Waals surface area (Å²) in [5.74, 6) is -0.647. The van der Waals surface area contributed by atoms with Crippen LogP contribution in [0.25, 0.3) is 0 Å². The molecular formula is C24H24ClF4N5O. The number of aromatic nitrogens is 3. The Balaban J connectivity index is 1.90. The molecule has 1 aromatic carbocycles. The van der Waals surface area contributed by atoms with E-state index >= 15 is 0 Å². The van der Waals surface area contributed by atoms with Gasteiger partial charge in [0.2, 0.25) is 0 Å². The maximum atomic E-state index is 14.6. The fourth-order valence-electron chi connectivity index (χ4n) is 4.44. The molecule has 0 radical (unpaired) electrons. The second kappa shape index (κ2) is 9.85. The summed E-state index contributed by atoms with van der Waals surface area (Å²) in [6.45, 7) is 0. The third kappa shape index (κ3) is 5.58. The van der Waals surface area contributed by atoms with Crippen molar-refractivity contribution in [3.05, 3.63) is 82.4 Å². The molecule has 11 heteroatoms. The Morgan fingerprint density at radius 1 is 1.14 bits per heavy atom. The zero-order valence-electron chi connectivity index (χ0n) is 18.9. The lowest BCUT2D eigenvalue weighted by Gasteiger charge is -2.35. The first-order valence-corrected chi connectivity index (χ1v) is 11.5. The van der Waals surface area contributed by atoms with Crippen LogP contribution in [-0.2, 0) is 25.2 Å². The largest absolute Gasteiger partial charge is 0.416 e. The molecule has 1 saturated carbocycles. The van der Waals surface area contributed by atoms with Crippen molar-refractivity contribution in [2.75, 3.05) is 0 Å². The van der Waals surface area contributed by atoms with Gasteiger partial charge in [-0.05, 0) is 48.7 Å². The number of alkyl halides is 3. The number of pyridine rings is 1. The number of amides is 2. The zero-order valence-corrected chi connectivity index (χ0v) is 19.6. The topological polar surface area (TPSA) is 71.8 Å². The molecule has 2 N–H and O–H groups in total. The number of carbonyl (C=O) groups is 1. The maximum absolute atomic E-state index is 14.6. The summed E-state index contributed by atoms with van der Waals surface area (Å²) in [6, 6.07) is 4.58. The number of hydrogen-bond donors (Lipinski definition) is 2. The van der Waals surface area contributed by atoms with Crippen LogP contribution < -0.4 is 10.6 Å². The number of imidazole rings is 1. The Hall–Kier alpha value is -3.14. The second-order valence-electron chi connectivity index (χ2n) is 8.70. The average Bonchev–Trinajstić information content (AvgIpc) is 3.44. The number of hydrogen-bond acceptors (Lipinski definition) is 3. The van der Waals surface area contributed by atoms with E-state index in [1.54, 1.807) is 17.8 Å².